The van der Waals surface area contributed by atoms with Gasteiger partial charge in [0.05, 0.1) is 12.8 Å². The number of halogens is 1. The van der Waals surface area contributed by atoms with Crippen LogP contribution in [0.15, 0.2) is 36.4 Å². The van der Waals surface area contributed by atoms with Crippen LogP contribution in [0.4, 0.5) is 4.39 Å². The molecule has 0 atom stereocenters. The fourth-order valence-corrected chi connectivity index (χ4v) is 3.39. The molecular weight excluding hydrogens is 321 g/mol. The van der Waals surface area contributed by atoms with Crippen molar-refractivity contribution >= 4 is 16.9 Å². The van der Waals surface area contributed by atoms with Crippen LogP contribution in [0.2, 0.25) is 0 Å². The van der Waals surface area contributed by atoms with Gasteiger partial charge in [-0.2, -0.15) is 0 Å². The fourth-order valence-electron chi connectivity index (χ4n) is 3.39. The number of hydrogen-bond acceptors (Lipinski definition) is 4. The summed E-state index contributed by atoms with van der Waals surface area (Å²) in [6, 6.07) is 10.2. The number of pyridine rings is 1. The molecule has 0 amide bonds. The van der Waals surface area contributed by atoms with E-state index < -0.39 is 5.97 Å². The first-order valence-corrected chi connectivity index (χ1v) is 8.19. The van der Waals surface area contributed by atoms with Crippen molar-refractivity contribution in [3.63, 3.8) is 0 Å². The third-order valence-electron chi connectivity index (χ3n) is 4.60. The molecular formula is C19H18FN3O2. The van der Waals surface area contributed by atoms with E-state index in [1.54, 1.807) is 18.2 Å². The van der Waals surface area contributed by atoms with Gasteiger partial charge in [-0.15, -0.1) is 0 Å². The van der Waals surface area contributed by atoms with Crippen LogP contribution in [0.5, 0.6) is 0 Å². The number of rotatable bonds is 3. The average Bonchev–Trinajstić information content (AvgIpc) is 2.98. The van der Waals surface area contributed by atoms with Crippen LogP contribution in [-0.4, -0.2) is 34.5 Å². The van der Waals surface area contributed by atoms with E-state index in [9.17, 15) is 9.18 Å². The van der Waals surface area contributed by atoms with E-state index in [2.05, 4.69) is 14.9 Å². The van der Waals surface area contributed by atoms with E-state index in [0.29, 0.717) is 12.2 Å². The molecule has 0 unspecified atom stereocenters. The number of H-pyrrole nitrogens is 1. The molecule has 0 radical (unpaired) electrons. The molecule has 0 saturated carbocycles. The van der Waals surface area contributed by atoms with Crippen molar-refractivity contribution in [3.8, 4) is 0 Å². The Morgan fingerprint density at radius 2 is 2.24 bits per heavy atom. The maximum atomic E-state index is 13.6. The number of ether oxygens (including phenoxy) is 1. The second-order valence-corrected chi connectivity index (χ2v) is 6.24. The second kappa shape index (κ2) is 6.29. The van der Waals surface area contributed by atoms with Crippen molar-refractivity contribution in [1.29, 1.82) is 0 Å². The van der Waals surface area contributed by atoms with Gasteiger partial charge in [0.15, 0.2) is 0 Å². The van der Waals surface area contributed by atoms with Gasteiger partial charge in [0, 0.05) is 42.7 Å². The highest BCUT2D eigenvalue weighted by Crippen LogP contribution is 2.28. The summed E-state index contributed by atoms with van der Waals surface area (Å²) < 4.78 is 18.3. The van der Waals surface area contributed by atoms with Crippen LogP contribution in [-0.2, 0) is 24.2 Å². The first-order chi connectivity index (χ1) is 12.1. The number of aromatic amines is 1. The summed E-state index contributed by atoms with van der Waals surface area (Å²) in [5, 5.41) is 0.941. The number of carbonyl (C=O) groups is 1. The van der Waals surface area contributed by atoms with Gasteiger partial charge in [-0.25, -0.2) is 14.2 Å². The number of hydrogen-bond donors (Lipinski definition) is 1. The Morgan fingerprint density at radius 1 is 1.36 bits per heavy atom. The molecule has 0 saturated heterocycles. The number of esters is 1. The van der Waals surface area contributed by atoms with E-state index in [1.165, 1.54) is 18.9 Å². The highest BCUT2D eigenvalue weighted by molar-refractivity contribution is 5.87. The summed E-state index contributed by atoms with van der Waals surface area (Å²) in [5.41, 5.74) is 4.42. The summed E-state index contributed by atoms with van der Waals surface area (Å²) in [5.74, 6) is -0.659. The molecule has 1 aromatic carbocycles. The van der Waals surface area contributed by atoms with Crippen LogP contribution < -0.4 is 0 Å². The van der Waals surface area contributed by atoms with Gasteiger partial charge in [-0.3, -0.25) is 4.90 Å². The monoisotopic (exact) mass is 339 g/mol. The highest BCUT2D eigenvalue weighted by atomic mass is 19.1. The molecule has 0 spiro atoms. The highest BCUT2D eigenvalue weighted by Gasteiger charge is 2.21. The van der Waals surface area contributed by atoms with Crippen LogP contribution in [0, 0.1) is 5.82 Å². The lowest BCUT2D eigenvalue weighted by atomic mass is 10.0. The van der Waals surface area contributed by atoms with Crippen molar-refractivity contribution in [2.75, 3.05) is 13.7 Å². The zero-order valence-corrected chi connectivity index (χ0v) is 13.9. The molecule has 2 aromatic heterocycles. The Labute approximate surface area is 144 Å². The summed E-state index contributed by atoms with van der Waals surface area (Å²) in [6.45, 7) is 2.24. The summed E-state index contributed by atoms with van der Waals surface area (Å²) in [6.07, 6.45) is 0.877. The van der Waals surface area contributed by atoms with Crippen molar-refractivity contribution in [1.82, 2.24) is 14.9 Å². The summed E-state index contributed by atoms with van der Waals surface area (Å²) in [4.78, 5) is 21.6. The number of carbonyl (C=O) groups excluding carboxylic acids is 1. The average molecular weight is 339 g/mol. The van der Waals surface area contributed by atoms with Gasteiger partial charge < -0.3 is 9.72 Å². The van der Waals surface area contributed by atoms with E-state index >= 15 is 0 Å². The van der Waals surface area contributed by atoms with Gasteiger partial charge in [-0.1, -0.05) is 6.07 Å². The molecule has 3 aromatic rings. The topological polar surface area (TPSA) is 58.2 Å². The quantitative estimate of drug-likeness (QED) is 0.745. The minimum atomic E-state index is -0.435. The zero-order chi connectivity index (χ0) is 17.4. The zero-order valence-electron chi connectivity index (χ0n) is 13.9. The largest absolute Gasteiger partial charge is 0.464 e. The minimum Gasteiger partial charge on any atom is -0.464 e. The Kier molecular flexibility index (Phi) is 3.97. The van der Waals surface area contributed by atoms with E-state index in [1.807, 2.05) is 12.1 Å². The van der Waals surface area contributed by atoms with Gasteiger partial charge >= 0.3 is 5.97 Å². The number of fused-ring (bicyclic) bond motifs is 3. The Balaban J connectivity index is 1.57. The standard InChI is InChI=1S/C19H18FN3O2/c1-25-19(24)18-4-2-3-13(21-18)10-23-8-7-17-15(11-23)14-9-12(20)5-6-16(14)22-17/h2-6,9,22H,7-8,10-11H2,1H3. The number of methoxy groups -OCH3 is 1. The first-order valence-electron chi connectivity index (χ1n) is 8.19. The van der Waals surface area contributed by atoms with Crippen LogP contribution in [0.25, 0.3) is 10.9 Å². The van der Waals surface area contributed by atoms with E-state index in [4.69, 9.17) is 4.74 Å². The van der Waals surface area contributed by atoms with Crippen molar-refractivity contribution < 1.29 is 13.9 Å². The van der Waals surface area contributed by atoms with Crippen molar-refractivity contribution in [2.24, 2.45) is 0 Å². The van der Waals surface area contributed by atoms with Crippen molar-refractivity contribution in [2.45, 2.75) is 19.5 Å². The lowest BCUT2D eigenvalue weighted by Gasteiger charge is -2.26. The third kappa shape index (κ3) is 3.00. The molecule has 128 valence electrons. The normalized spacial score (nSPS) is 14.5. The SMILES string of the molecule is COC(=O)c1cccc(CN2CCc3[nH]c4ccc(F)cc4c3C2)n1. The lowest BCUT2D eigenvalue weighted by Crippen LogP contribution is -2.30. The molecule has 4 rings (SSSR count). The molecule has 1 aliphatic rings. The smallest absolute Gasteiger partial charge is 0.356 e. The molecule has 5 nitrogen and oxygen atoms in total. The molecule has 25 heavy (non-hydrogen) atoms. The predicted molar refractivity (Wildman–Crippen MR) is 91.7 cm³/mol. The van der Waals surface area contributed by atoms with Gasteiger partial charge in [0.2, 0.25) is 0 Å². The fraction of sp³-hybridized carbons (Fsp3) is 0.263. The molecule has 0 bridgehead atoms. The van der Waals surface area contributed by atoms with Gasteiger partial charge in [0.1, 0.15) is 11.5 Å². The van der Waals surface area contributed by atoms with Crippen LogP contribution in [0.1, 0.15) is 27.4 Å². The maximum Gasteiger partial charge on any atom is 0.356 e. The van der Waals surface area contributed by atoms with Gasteiger partial charge in [0.25, 0.3) is 0 Å². The molecule has 1 aliphatic heterocycles. The minimum absolute atomic E-state index is 0.223. The summed E-state index contributed by atoms with van der Waals surface area (Å²) in [7, 11) is 1.35. The van der Waals surface area contributed by atoms with E-state index in [0.717, 1.165) is 41.7 Å². The Morgan fingerprint density at radius 3 is 3.08 bits per heavy atom. The molecule has 6 heteroatoms. The van der Waals surface area contributed by atoms with Gasteiger partial charge in [-0.05, 0) is 35.9 Å². The number of nitrogens with zero attached hydrogens (tertiary/aromatic N) is 2. The maximum absolute atomic E-state index is 13.6. The van der Waals surface area contributed by atoms with E-state index in [-0.39, 0.29) is 5.82 Å². The molecule has 3 heterocycles. The third-order valence-corrected chi connectivity index (χ3v) is 4.60. The lowest BCUT2D eigenvalue weighted by molar-refractivity contribution is 0.0593. The Bertz CT molecular complexity index is 951. The van der Waals surface area contributed by atoms with Crippen molar-refractivity contribution in [3.05, 3.63) is 64.9 Å². The van der Waals surface area contributed by atoms with Crippen LogP contribution >= 0.6 is 0 Å². The van der Waals surface area contributed by atoms with Crippen LogP contribution in [0.3, 0.4) is 0 Å². The Hall–Kier alpha value is -2.73. The summed E-state index contributed by atoms with van der Waals surface area (Å²) >= 11 is 0. The number of aromatic nitrogens is 2. The molecule has 1 N–H and O–H groups in total. The predicted octanol–water partition coefficient (Wildman–Crippen LogP) is 3.05. The second-order valence-electron chi connectivity index (χ2n) is 6.24. The number of benzene rings is 1. The molecule has 0 aliphatic carbocycles. The first kappa shape index (κ1) is 15.8. The molecule has 0 fully saturated rings. The number of nitrogens with one attached hydrogen (secondary N) is 1.